The number of hydrogen-bond acceptors (Lipinski definition) is 8. The summed E-state index contributed by atoms with van der Waals surface area (Å²) < 4.78 is 0. The number of hydrogen-bond donors (Lipinski definition) is 0. The van der Waals surface area contributed by atoms with Gasteiger partial charge in [0.2, 0.25) is 0 Å². The molecule has 0 spiro atoms. The Morgan fingerprint density at radius 3 is 0.690 bits per heavy atom. The van der Waals surface area contributed by atoms with E-state index in [1.165, 1.54) is 0 Å². The molecular formula is C31H71N9OS. The molecule has 0 atom stereocenters. The summed E-state index contributed by atoms with van der Waals surface area (Å²) in [4.78, 5) is 39.0. The van der Waals surface area contributed by atoms with E-state index in [1.54, 1.807) is 61.0 Å². The Kier molecular flexibility index (Phi) is 56.6. The van der Waals surface area contributed by atoms with Crippen molar-refractivity contribution >= 4 is 51.5 Å². The second-order valence-electron chi connectivity index (χ2n) is 9.34. The van der Waals surface area contributed by atoms with E-state index in [9.17, 15) is 4.79 Å². The van der Waals surface area contributed by atoms with E-state index in [0.29, 0.717) is 6.42 Å². The first-order chi connectivity index (χ1) is 19.2. The molecule has 0 aromatic heterocycles. The largest absolute Gasteiger partial charge is 0.367 e. The number of ketones is 1. The van der Waals surface area contributed by atoms with E-state index in [0.717, 1.165) is 34.0 Å². The number of Topliss-reactive ketones (excluding diaryl/α,β-unsaturated/α-hetero) is 1. The first kappa shape index (κ1) is 55.4. The van der Waals surface area contributed by atoms with E-state index in [-0.39, 0.29) is 5.78 Å². The molecular weight excluding hydrogens is 546 g/mol. The second-order valence-corrected chi connectivity index (χ2v) is 10.3. The molecule has 0 unspecified atom stereocenters. The molecule has 0 amide bonds. The van der Waals surface area contributed by atoms with Gasteiger partial charge in [-0.15, -0.1) is 11.8 Å². The van der Waals surface area contributed by atoms with Crippen molar-refractivity contribution in [2.45, 2.75) is 75.7 Å². The molecule has 11 heteroatoms. The van der Waals surface area contributed by atoms with Crippen LogP contribution in [-0.4, -0.2) is 145 Å². The topological polar surface area (TPSA) is 101 Å². The summed E-state index contributed by atoms with van der Waals surface area (Å²) in [6.07, 6.45) is 2.68. The number of nitrogens with zero attached hydrogens (tertiary/aromatic N) is 9. The van der Waals surface area contributed by atoms with Crippen molar-refractivity contribution in [3.8, 4) is 0 Å². The zero-order chi connectivity index (χ0) is 35.4. The van der Waals surface area contributed by atoms with Gasteiger partial charge in [0.25, 0.3) is 0 Å². The Morgan fingerprint density at radius 1 is 0.500 bits per heavy atom. The lowest BCUT2D eigenvalue weighted by atomic mass is 10.4. The van der Waals surface area contributed by atoms with Gasteiger partial charge in [-0.05, 0) is 68.6 Å². The normalized spacial score (nSPS) is 10.2. The van der Waals surface area contributed by atoms with Crippen LogP contribution in [0.3, 0.4) is 0 Å². The first-order valence-electron chi connectivity index (χ1n) is 13.8. The van der Waals surface area contributed by atoms with E-state index in [4.69, 9.17) is 0 Å². The van der Waals surface area contributed by atoms with Gasteiger partial charge in [-0.1, -0.05) is 6.92 Å². The molecule has 0 aliphatic carbocycles. The first-order valence-corrected chi connectivity index (χ1v) is 15.0. The van der Waals surface area contributed by atoms with Crippen molar-refractivity contribution in [3.63, 3.8) is 0 Å². The van der Waals surface area contributed by atoms with Gasteiger partial charge in [0.15, 0.2) is 0 Å². The van der Waals surface area contributed by atoms with Gasteiger partial charge < -0.3 is 19.5 Å². The summed E-state index contributed by atoms with van der Waals surface area (Å²) >= 11 is 1.67. The van der Waals surface area contributed by atoms with Gasteiger partial charge >= 0.3 is 0 Å². The molecule has 0 N–H and O–H groups in total. The van der Waals surface area contributed by atoms with Crippen molar-refractivity contribution in [1.29, 1.82) is 0 Å². The van der Waals surface area contributed by atoms with Gasteiger partial charge in [0, 0.05) is 102 Å². The van der Waals surface area contributed by atoms with Crippen molar-refractivity contribution < 1.29 is 4.79 Å². The average Bonchev–Trinajstić information content (AvgIpc) is 2.96. The minimum Gasteiger partial charge on any atom is -0.367 e. The molecule has 42 heavy (non-hydrogen) atoms. The maximum absolute atomic E-state index is 9.81. The molecule has 252 valence electrons. The van der Waals surface area contributed by atoms with Gasteiger partial charge in [-0.2, -0.15) is 0 Å². The molecule has 0 saturated heterocycles. The van der Waals surface area contributed by atoms with Gasteiger partial charge in [0.05, 0.1) is 22.6 Å². The van der Waals surface area contributed by atoms with E-state index in [1.807, 2.05) is 126 Å². The lowest BCUT2D eigenvalue weighted by molar-refractivity contribution is -0.116. The van der Waals surface area contributed by atoms with Crippen LogP contribution in [0.1, 0.15) is 75.7 Å². The highest BCUT2D eigenvalue weighted by Crippen LogP contribution is 1.93. The molecule has 0 aromatic rings. The fourth-order valence-corrected chi connectivity index (χ4v) is 0.874. The molecule has 0 aliphatic heterocycles. The Labute approximate surface area is 267 Å². The summed E-state index contributed by atoms with van der Waals surface area (Å²) in [7, 11) is 22.6. The van der Waals surface area contributed by atoms with Crippen LogP contribution in [0.25, 0.3) is 0 Å². The van der Waals surface area contributed by atoms with Crippen molar-refractivity contribution in [2.24, 2.45) is 30.0 Å². The maximum atomic E-state index is 9.81. The SMILES string of the molecule is CCC(C)=O.CN=C(C)C.CN=C(C)C.CN=C(C)N(C)C.CN=C(C)N(C)C.CN=C(C)N(C)C.CN=C(C)SC. The summed E-state index contributed by atoms with van der Waals surface area (Å²) in [6.45, 7) is 19.2. The summed E-state index contributed by atoms with van der Waals surface area (Å²) in [5.41, 5.74) is 2.26. The van der Waals surface area contributed by atoms with E-state index < -0.39 is 0 Å². The average molecular weight is 618 g/mol. The highest BCUT2D eigenvalue weighted by Gasteiger charge is 1.86. The van der Waals surface area contributed by atoms with Crippen LogP contribution in [0.4, 0.5) is 0 Å². The fraction of sp³-hybridized carbons (Fsp3) is 0.774. The zero-order valence-electron chi connectivity index (χ0n) is 32.0. The van der Waals surface area contributed by atoms with Crippen LogP contribution < -0.4 is 0 Å². The van der Waals surface area contributed by atoms with Gasteiger partial charge in [-0.25, -0.2) is 0 Å². The lowest BCUT2D eigenvalue weighted by Crippen LogP contribution is -2.17. The molecule has 0 heterocycles. The number of carbonyl (C=O) groups is 1. The number of amidine groups is 3. The third-order valence-electron chi connectivity index (χ3n) is 4.92. The molecule has 0 bridgehead atoms. The van der Waals surface area contributed by atoms with Crippen molar-refractivity contribution in [1.82, 2.24) is 14.7 Å². The van der Waals surface area contributed by atoms with Crippen LogP contribution in [0, 0.1) is 0 Å². The Hall–Kier alpha value is -2.56. The third-order valence-corrected chi connectivity index (χ3v) is 5.69. The Bertz CT molecular complexity index is 705. The summed E-state index contributed by atoms with van der Waals surface area (Å²) in [6, 6.07) is 0. The van der Waals surface area contributed by atoms with Crippen LogP contribution in [0.2, 0.25) is 0 Å². The predicted octanol–water partition coefficient (Wildman–Crippen LogP) is 6.37. The molecule has 0 aromatic carbocycles. The molecule has 10 nitrogen and oxygen atoms in total. The highest BCUT2D eigenvalue weighted by molar-refractivity contribution is 8.13. The molecule has 0 radical (unpaired) electrons. The third kappa shape index (κ3) is 76.8. The van der Waals surface area contributed by atoms with Crippen molar-refractivity contribution in [2.75, 3.05) is 90.8 Å². The molecule has 0 saturated carbocycles. The van der Waals surface area contributed by atoms with Crippen LogP contribution in [-0.2, 0) is 4.79 Å². The van der Waals surface area contributed by atoms with E-state index in [2.05, 4.69) is 30.0 Å². The highest BCUT2D eigenvalue weighted by atomic mass is 32.2. The maximum Gasteiger partial charge on any atom is 0.129 e. The molecule has 0 rings (SSSR count). The van der Waals surface area contributed by atoms with Crippen LogP contribution in [0.15, 0.2) is 30.0 Å². The Balaban J connectivity index is -0.0000000684. The van der Waals surface area contributed by atoms with E-state index >= 15 is 0 Å². The molecule has 0 aliphatic rings. The minimum atomic E-state index is 0.255. The monoisotopic (exact) mass is 618 g/mol. The smallest absolute Gasteiger partial charge is 0.129 e. The number of rotatable bonds is 1. The quantitative estimate of drug-likeness (QED) is 0.252. The summed E-state index contributed by atoms with van der Waals surface area (Å²) in [5.74, 6) is 3.42. The summed E-state index contributed by atoms with van der Waals surface area (Å²) in [5, 5.41) is 1.13. The van der Waals surface area contributed by atoms with Crippen molar-refractivity contribution in [3.05, 3.63) is 0 Å². The number of thioether (sulfide) groups is 1. The number of carbonyl (C=O) groups excluding carboxylic acids is 1. The van der Waals surface area contributed by atoms with Crippen LogP contribution in [0.5, 0.6) is 0 Å². The minimum absolute atomic E-state index is 0.255. The van der Waals surface area contributed by atoms with Gasteiger partial charge in [0.1, 0.15) is 5.78 Å². The lowest BCUT2D eigenvalue weighted by Gasteiger charge is -2.08. The zero-order valence-corrected chi connectivity index (χ0v) is 32.9. The molecule has 0 fully saturated rings. The number of aliphatic imine (C=N–C) groups is 6. The predicted molar refractivity (Wildman–Crippen MR) is 201 cm³/mol. The van der Waals surface area contributed by atoms with Gasteiger partial charge in [-0.3, -0.25) is 30.0 Å². The second kappa shape index (κ2) is 42.9. The fourth-order valence-electron chi connectivity index (χ4n) is 0.691. The standard InChI is InChI=1S/3C5H12N2.C4H9NS.2C4H9N.C4H8O/c3*1-5(6-2)7(3)4;1-4(5-2)6-3;2*1-4(2)5-3;1-3-4(2)5/h3*1-4H3;1-3H3;2*1-3H3;3H2,1-2H3. The van der Waals surface area contributed by atoms with Crippen LogP contribution >= 0.6 is 11.8 Å². The Morgan fingerprint density at radius 2 is 0.690 bits per heavy atom.